The van der Waals surface area contributed by atoms with Gasteiger partial charge in [0.25, 0.3) is 23.1 Å². The van der Waals surface area contributed by atoms with E-state index in [-0.39, 0.29) is 30.1 Å². The van der Waals surface area contributed by atoms with Gasteiger partial charge in [-0.15, -0.1) is 0 Å². The van der Waals surface area contributed by atoms with Crippen LogP contribution in [0.4, 0.5) is 15.8 Å². The van der Waals surface area contributed by atoms with Gasteiger partial charge < -0.3 is 15.4 Å². The molecule has 0 radical (unpaired) electrons. The van der Waals surface area contributed by atoms with Crippen molar-refractivity contribution in [3.8, 4) is 0 Å². The highest BCUT2D eigenvalue weighted by atomic mass is 35.5. The fourth-order valence-corrected chi connectivity index (χ4v) is 1.55. The Morgan fingerprint density at radius 2 is 2.18 bits per heavy atom. The molecule has 2 N–H and O–H groups in total. The van der Waals surface area contributed by atoms with Gasteiger partial charge in [0.15, 0.2) is 0 Å². The first-order valence-electron chi connectivity index (χ1n) is 6.01. The van der Waals surface area contributed by atoms with Gasteiger partial charge in [0.2, 0.25) is 0 Å². The molecule has 22 heavy (non-hydrogen) atoms. The molecule has 2 amide bonds. The molecular weight excluding hydrogens is 321 g/mol. The van der Waals surface area contributed by atoms with Crippen molar-refractivity contribution in [3.05, 3.63) is 33.9 Å². The molecule has 1 unspecified atom stereocenters. The third-order valence-electron chi connectivity index (χ3n) is 2.51. The van der Waals surface area contributed by atoms with Crippen molar-refractivity contribution in [2.45, 2.75) is 5.63 Å². The van der Waals surface area contributed by atoms with Gasteiger partial charge in [0.1, 0.15) is 0 Å². The highest BCUT2D eigenvalue weighted by molar-refractivity contribution is 6.31. The Morgan fingerprint density at radius 1 is 1.50 bits per heavy atom. The summed E-state index contributed by atoms with van der Waals surface area (Å²) in [5.74, 6) is -1.86. The van der Waals surface area contributed by atoms with Crippen molar-refractivity contribution < 1.29 is 23.6 Å². The van der Waals surface area contributed by atoms with E-state index < -0.39 is 22.4 Å². The molecular formula is C12H13ClFN3O5. The van der Waals surface area contributed by atoms with Crippen LogP contribution in [0.2, 0.25) is 0 Å². The second-order valence-electron chi connectivity index (χ2n) is 4.03. The summed E-state index contributed by atoms with van der Waals surface area (Å²) in [5, 5.41) is 15.3. The van der Waals surface area contributed by atoms with Gasteiger partial charge in [-0.3, -0.25) is 19.7 Å². The van der Waals surface area contributed by atoms with E-state index >= 15 is 0 Å². The monoisotopic (exact) mass is 333 g/mol. The molecule has 0 spiro atoms. The maximum Gasteiger partial charge on any atom is 0.274 e. The first-order chi connectivity index (χ1) is 10.4. The Balaban J connectivity index is 3.06. The molecule has 1 aromatic carbocycles. The second kappa shape index (κ2) is 8.25. The van der Waals surface area contributed by atoms with Gasteiger partial charge in [0.05, 0.1) is 22.8 Å². The fraction of sp³-hybridized carbons (Fsp3) is 0.333. The van der Waals surface area contributed by atoms with Crippen molar-refractivity contribution in [2.24, 2.45) is 0 Å². The topological polar surface area (TPSA) is 111 Å². The Kier molecular flexibility index (Phi) is 6.67. The molecule has 10 heteroatoms. The molecule has 8 nitrogen and oxygen atoms in total. The first kappa shape index (κ1) is 17.8. The van der Waals surface area contributed by atoms with Crippen LogP contribution >= 0.6 is 11.6 Å². The van der Waals surface area contributed by atoms with Gasteiger partial charge in [-0.2, -0.15) is 0 Å². The Bertz CT molecular complexity index is 582. The van der Waals surface area contributed by atoms with Crippen LogP contribution < -0.4 is 10.6 Å². The number of hydrogen-bond acceptors (Lipinski definition) is 5. The number of alkyl halides is 2. The van der Waals surface area contributed by atoms with Gasteiger partial charge in [-0.05, 0) is 6.07 Å². The number of carbonyl (C=O) groups is 2. The summed E-state index contributed by atoms with van der Waals surface area (Å²) in [6.07, 6.45) is 0. The average molecular weight is 334 g/mol. The highest BCUT2D eigenvalue weighted by Crippen LogP contribution is 2.22. The zero-order chi connectivity index (χ0) is 16.7. The number of rotatable bonds is 7. The van der Waals surface area contributed by atoms with Crippen LogP contribution in [0.1, 0.15) is 10.4 Å². The number of methoxy groups -OCH3 is 1. The SMILES string of the molecule is COCCNC(=O)c1cc([N+](=O)[O-])ccc1NC(=O)C(F)Cl. The minimum Gasteiger partial charge on any atom is -0.383 e. The number of nitro groups is 1. The molecule has 1 rings (SSSR count). The van der Waals surface area contributed by atoms with Crippen LogP contribution in [0, 0.1) is 10.1 Å². The van der Waals surface area contributed by atoms with Crippen LogP contribution in [-0.4, -0.2) is 42.6 Å². The summed E-state index contributed by atoms with van der Waals surface area (Å²) in [7, 11) is 1.44. The van der Waals surface area contributed by atoms with Gasteiger partial charge >= 0.3 is 0 Å². The van der Waals surface area contributed by atoms with Gasteiger partial charge in [0, 0.05) is 25.8 Å². The van der Waals surface area contributed by atoms with E-state index in [1.165, 1.54) is 7.11 Å². The number of nitrogens with zero attached hydrogens (tertiary/aromatic N) is 1. The maximum atomic E-state index is 12.7. The maximum absolute atomic E-state index is 12.7. The Morgan fingerprint density at radius 3 is 2.73 bits per heavy atom. The lowest BCUT2D eigenvalue weighted by atomic mass is 10.1. The number of ether oxygens (including phenoxy) is 1. The predicted molar refractivity (Wildman–Crippen MR) is 76.7 cm³/mol. The van der Waals surface area contributed by atoms with E-state index in [0.717, 1.165) is 18.2 Å². The number of nitro benzene ring substituents is 1. The third-order valence-corrected chi connectivity index (χ3v) is 2.70. The average Bonchev–Trinajstić information content (AvgIpc) is 2.47. The van der Waals surface area contributed by atoms with E-state index in [1.807, 2.05) is 0 Å². The number of anilines is 1. The minimum atomic E-state index is -2.31. The van der Waals surface area contributed by atoms with Crippen molar-refractivity contribution in [1.29, 1.82) is 0 Å². The summed E-state index contributed by atoms with van der Waals surface area (Å²) in [5.41, 5.74) is -2.93. The van der Waals surface area contributed by atoms with Gasteiger partial charge in [-0.1, -0.05) is 11.6 Å². The lowest BCUT2D eigenvalue weighted by molar-refractivity contribution is -0.384. The van der Waals surface area contributed by atoms with Crippen molar-refractivity contribution in [3.63, 3.8) is 0 Å². The summed E-state index contributed by atoms with van der Waals surface area (Å²) in [6.45, 7) is 0.392. The van der Waals surface area contributed by atoms with E-state index in [0.29, 0.717) is 0 Å². The smallest absolute Gasteiger partial charge is 0.274 e. The molecule has 0 saturated heterocycles. The number of non-ortho nitro benzene ring substituents is 1. The normalized spacial score (nSPS) is 11.6. The second-order valence-corrected chi connectivity index (χ2v) is 4.41. The van der Waals surface area contributed by atoms with Gasteiger partial charge in [-0.25, -0.2) is 4.39 Å². The Labute approximate surface area is 129 Å². The van der Waals surface area contributed by atoms with Crippen LogP contribution in [-0.2, 0) is 9.53 Å². The van der Waals surface area contributed by atoms with Crippen LogP contribution in [0.3, 0.4) is 0 Å². The number of carbonyl (C=O) groups excluding carboxylic acids is 2. The number of amides is 2. The molecule has 0 aliphatic heterocycles. The first-order valence-corrected chi connectivity index (χ1v) is 6.45. The number of hydrogen-bond donors (Lipinski definition) is 2. The zero-order valence-electron chi connectivity index (χ0n) is 11.5. The lowest BCUT2D eigenvalue weighted by Crippen LogP contribution is -2.29. The van der Waals surface area contributed by atoms with E-state index in [9.17, 15) is 24.1 Å². The molecule has 0 bridgehead atoms. The molecule has 1 atom stereocenters. The van der Waals surface area contributed by atoms with E-state index in [2.05, 4.69) is 10.6 Å². The lowest BCUT2D eigenvalue weighted by Gasteiger charge is -2.11. The standard InChI is InChI=1S/C12H13ClFN3O5/c1-22-5-4-15-11(18)8-6-7(17(20)21)2-3-9(8)16-12(19)10(13)14/h2-3,6,10H,4-5H2,1H3,(H,15,18)(H,16,19). The summed E-state index contributed by atoms with van der Waals surface area (Å²) in [6, 6.07) is 3.17. The summed E-state index contributed by atoms with van der Waals surface area (Å²) in [4.78, 5) is 33.3. The number of halogens is 2. The van der Waals surface area contributed by atoms with Crippen molar-refractivity contribution >= 4 is 34.8 Å². The molecule has 0 aromatic heterocycles. The fourth-order valence-electron chi connectivity index (χ4n) is 1.49. The van der Waals surface area contributed by atoms with E-state index in [1.54, 1.807) is 0 Å². The molecule has 0 fully saturated rings. The number of nitrogens with one attached hydrogen (secondary N) is 2. The molecule has 120 valence electrons. The number of benzene rings is 1. The molecule has 0 heterocycles. The molecule has 0 aliphatic rings. The van der Waals surface area contributed by atoms with Crippen LogP contribution in [0.15, 0.2) is 18.2 Å². The summed E-state index contributed by atoms with van der Waals surface area (Å²) >= 11 is 4.99. The molecule has 0 aliphatic carbocycles. The highest BCUT2D eigenvalue weighted by Gasteiger charge is 2.20. The molecule has 1 aromatic rings. The summed E-state index contributed by atoms with van der Waals surface area (Å²) < 4.78 is 17.5. The minimum absolute atomic E-state index is 0.0891. The zero-order valence-corrected chi connectivity index (χ0v) is 12.2. The van der Waals surface area contributed by atoms with Crippen LogP contribution in [0.5, 0.6) is 0 Å². The largest absolute Gasteiger partial charge is 0.383 e. The van der Waals surface area contributed by atoms with Crippen molar-refractivity contribution in [1.82, 2.24) is 5.32 Å². The van der Waals surface area contributed by atoms with E-state index in [4.69, 9.17) is 16.3 Å². The third kappa shape index (κ3) is 4.93. The molecule has 0 saturated carbocycles. The van der Waals surface area contributed by atoms with Crippen LogP contribution in [0.25, 0.3) is 0 Å². The predicted octanol–water partition coefficient (Wildman–Crippen LogP) is 1.44. The van der Waals surface area contributed by atoms with Crippen molar-refractivity contribution in [2.75, 3.05) is 25.6 Å². The Hall–Kier alpha value is -2.26. The quantitative estimate of drug-likeness (QED) is 0.339.